The second-order valence-corrected chi connectivity index (χ2v) is 4.38. The minimum absolute atomic E-state index is 0.0489. The lowest BCUT2D eigenvalue weighted by atomic mass is 10.2. The molecule has 22 heavy (non-hydrogen) atoms. The molecule has 0 bridgehead atoms. The molecule has 0 radical (unpaired) electrons. The Morgan fingerprint density at radius 3 is 2.73 bits per heavy atom. The summed E-state index contributed by atoms with van der Waals surface area (Å²) >= 11 is 0. The minimum Gasteiger partial charge on any atom is -0.494 e. The van der Waals surface area contributed by atoms with Gasteiger partial charge in [-0.1, -0.05) is 6.07 Å². The number of halogens is 1. The van der Waals surface area contributed by atoms with Gasteiger partial charge in [-0.05, 0) is 17.7 Å². The second kappa shape index (κ2) is 6.05. The van der Waals surface area contributed by atoms with E-state index in [9.17, 15) is 19.3 Å². The van der Waals surface area contributed by atoms with Crippen molar-refractivity contribution in [2.75, 3.05) is 7.11 Å². The van der Waals surface area contributed by atoms with Gasteiger partial charge in [0.15, 0.2) is 11.6 Å². The number of pyridine rings is 1. The molecule has 1 aromatic heterocycles. The van der Waals surface area contributed by atoms with Crippen molar-refractivity contribution in [1.82, 2.24) is 4.57 Å². The first-order valence-electron chi connectivity index (χ1n) is 6.07. The fourth-order valence-corrected chi connectivity index (χ4v) is 1.92. The van der Waals surface area contributed by atoms with Gasteiger partial charge < -0.3 is 9.30 Å². The number of hydrogen-bond acceptors (Lipinski definition) is 5. The highest BCUT2D eigenvalue weighted by Gasteiger charge is 2.14. The molecular weight excluding hydrogens is 293 g/mol. The number of rotatable bonds is 4. The van der Waals surface area contributed by atoms with Gasteiger partial charge in [0.1, 0.15) is 11.6 Å². The third-order valence-corrected chi connectivity index (χ3v) is 2.97. The van der Waals surface area contributed by atoms with Gasteiger partial charge in [-0.3, -0.25) is 14.9 Å². The summed E-state index contributed by atoms with van der Waals surface area (Å²) in [5, 5.41) is 19.7. The Morgan fingerprint density at radius 2 is 2.18 bits per heavy atom. The molecule has 0 fully saturated rings. The molecule has 112 valence electrons. The van der Waals surface area contributed by atoms with E-state index >= 15 is 0 Å². The lowest BCUT2D eigenvalue weighted by molar-refractivity contribution is -0.385. The number of nitriles is 1. The van der Waals surface area contributed by atoms with E-state index in [1.54, 1.807) is 6.07 Å². The van der Waals surface area contributed by atoms with Crippen molar-refractivity contribution in [2.45, 2.75) is 6.54 Å². The number of ether oxygens (including phenoxy) is 1. The minimum atomic E-state index is -0.703. The maximum Gasteiger partial charge on any atom is 0.287 e. The van der Waals surface area contributed by atoms with Gasteiger partial charge in [0, 0.05) is 6.07 Å². The van der Waals surface area contributed by atoms with Crippen molar-refractivity contribution >= 4 is 5.69 Å². The van der Waals surface area contributed by atoms with Crippen molar-refractivity contribution in [3.05, 3.63) is 67.9 Å². The summed E-state index contributed by atoms with van der Waals surface area (Å²) in [5.41, 5.74) is -0.998. The standard InChI is InChI=1S/C14H10FN3O4/c1-22-13-3-2-9(4-12(13)15)7-17-8-11(18(20)21)5-10(6-16)14(17)19/h2-5,8H,7H2,1H3. The largest absolute Gasteiger partial charge is 0.494 e. The molecule has 0 spiro atoms. The van der Waals surface area contributed by atoms with Crippen LogP contribution >= 0.6 is 0 Å². The van der Waals surface area contributed by atoms with Crippen LogP contribution in [0.1, 0.15) is 11.1 Å². The Hall–Kier alpha value is -3.21. The summed E-state index contributed by atoms with van der Waals surface area (Å²) in [6, 6.07) is 6.60. The molecule has 2 aromatic rings. The normalized spacial score (nSPS) is 10.0. The maximum absolute atomic E-state index is 13.6. The molecule has 0 aliphatic heterocycles. The number of nitrogens with zero attached hydrogens (tertiary/aromatic N) is 3. The smallest absolute Gasteiger partial charge is 0.287 e. The molecule has 0 saturated heterocycles. The Labute approximate surface area is 123 Å². The Kier molecular flexibility index (Phi) is 4.18. The number of hydrogen-bond donors (Lipinski definition) is 0. The molecule has 0 amide bonds. The number of methoxy groups -OCH3 is 1. The molecule has 0 saturated carbocycles. The first-order chi connectivity index (χ1) is 10.5. The zero-order valence-electron chi connectivity index (χ0n) is 11.4. The van der Waals surface area contributed by atoms with Crippen LogP contribution in [0.25, 0.3) is 0 Å². The summed E-state index contributed by atoms with van der Waals surface area (Å²) in [6.45, 7) is -0.101. The van der Waals surface area contributed by atoms with E-state index in [4.69, 9.17) is 10.00 Å². The fraction of sp³-hybridized carbons (Fsp3) is 0.143. The van der Waals surface area contributed by atoms with Crippen molar-refractivity contribution in [3.63, 3.8) is 0 Å². The van der Waals surface area contributed by atoms with Crippen LogP contribution in [0.2, 0.25) is 0 Å². The summed E-state index contributed by atoms with van der Waals surface area (Å²) in [6.07, 6.45) is 1.02. The predicted octanol–water partition coefficient (Wildman–Crippen LogP) is 1.82. The number of nitro groups is 1. The molecule has 0 N–H and O–H groups in total. The van der Waals surface area contributed by atoms with Crippen LogP contribution in [0.5, 0.6) is 5.75 Å². The van der Waals surface area contributed by atoms with E-state index in [0.717, 1.165) is 22.9 Å². The Balaban J connectivity index is 2.47. The highest BCUT2D eigenvalue weighted by atomic mass is 19.1. The van der Waals surface area contributed by atoms with Crippen LogP contribution in [-0.4, -0.2) is 16.6 Å². The second-order valence-electron chi connectivity index (χ2n) is 4.38. The monoisotopic (exact) mass is 303 g/mol. The molecule has 7 nitrogen and oxygen atoms in total. The quantitative estimate of drug-likeness (QED) is 0.634. The highest BCUT2D eigenvalue weighted by Crippen LogP contribution is 2.18. The van der Waals surface area contributed by atoms with E-state index in [1.807, 2.05) is 0 Å². The summed E-state index contributed by atoms with van der Waals surface area (Å²) in [5.74, 6) is -0.563. The van der Waals surface area contributed by atoms with Gasteiger partial charge in [-0.2, -0.15) is 5.26 Å². The average molecular weight is 303 g/mol. The van der Waals surface area contributed by atoms with E-state index in [1.165, 1.54) is 19.2 Å². The average Bonchev–Trinajstić information content (AvgIpc) is 2.49. The third kappa shape index (κ3) is 2.93. The molecule has 1 aromatic carbocycles. The van der Waals surface area contributed by atoms with Crippen molar-refractivity contribution < 1.29 is 14.1 Å². The van der Waals surface area contributed by atoms with Crippen LogP contribution in [0.3, 0.4) is 0 Å². The van der Waals surface area contributed by atoms with Crippen LogP contribution in [0, 0.1) is 27.3 Å². The zero-order chi connectivity index (χ0) is 16.3. The van der Waals surface area contributed by atoms with Gasteiger partial charge in [0.05, 0.1) is 24.8 Å². The van der Waals surface area contributed by atoms with Crippen molar-refractivity contribution in [2.24, 2.45) is 0 Å². The Morgan fingerprint density at radius 1 is 1.45 bits per heavy atom. The third-order valence-electron chi connectivity index (χ3n) is 2.97. The van der Waals surface area contributed by atoms with Crippen molar-refractivity contribution in [1.29, 1.82) is 5.26 Å². The predicted molar refractivity (Wildman–Crippen MR) is 74.1 cm³/mol. The van der Waals surface area contributed by atoms with E-state index in [2.05, 4.69) is 0 Å². The van der Waals surface area contributed by atoms with Gasteiger partial charge in [-0.25, -0.2) is 4.39 Å². The number of benzene rings is 1. The Bertz CT molecular complexity index is 839. The van der Waals surface area contributed by atoms with E-state index in [-0.39, 0.29) is 23.5 Å². The topological polar surface area (TPSA) is 98.2 Å². The first kappa shape index (κ1) is 15.2. The van der Waals surface area contributed by atoms with Crippen LogP contribution in [-0.2, 0) is 6.54 Å². The van der Waals surface area contributed by atoms with Gasteiger partial charge >= 0.3 is 0 Å². The van der Waals surface area contributed by atoms with Gasteiger partial charge in [0.25, 0.3) is 11.2 Å². The van der Waals surface area contributed by atoms with Crippen LogP contribution < -0.4 is 10.3 Å². The van der Waals surface area contributed by atoms with Gasteiger partial charge in [-0.15, -0.1) is 0 Å². The maximum atomic E-state index is 13.6. The molecule has 0 aliphatic rings. The summed E-state index contributed by atoms with van der Waals surface area (Å²) < 4.78 is 19.4. The zero-order valence-corrected chi connectivity index (χ0v) is 11.4. The SMILES string of the molecule is COc1ccc(Cn2cc([N+](=O)[O-])cc(C#N)c2=O)cc1F. The van der Waals surface area contributed by atoms with Crippen LogP contribution in [0.15, 0.2) is 35.3 Å². The lowest BCUT2D eigenvalue weighted by Crippen LogP contribution is -2.23. The molecule has 1 heterocycles. The fourth-order valence-electron chi connectivity index (χ4n) is 1.92. The highest BCUT2D eigenvalue weighted by molar-refractivity contribution is 5.38. The van der Waals surface area contributed by atoms with Crippen LogP contribution in [0.4, 0.5) is 10.1 Å². The molecule has 0 unspecified atom stereocenters. The van der Waals surface area contributed by atoms with Crippen molar-refractivity contribution in [3.8, 4) is 11.8 Å². The molecule has 2 rings (SSSR count). The van der Waals surface area contributed by atoms with E-state index in [0.29, 0.717) is 5.56 Å². The first-order valence-corrected chi connectivity index (χ1v) is 6.07. The molecule has 0 atom stereocenters. The molecule has 8 heteroatoms. The molecule has 0 aliphatic carbocycles. The van der Waals surface area contributed by atoms with E-state index < -0.39 is 16.3 Å². The number of aromatic nitrogens is 1. The molecular formula is C14H10FN3O4. The summed E-state index contributed by atoms with van der Waals surface area (Å²) in [4.78, 5) is 22.1. The van der Waals surface area contributed by atoms with Gasteiger partial charge in [0.2, 0.25) is 0 Å². The summed E-state index contributed by atoms with van der Waals surface area (Å²) in [7, 11) is 1.32. The lowest BCUT2D eigenvalue weighted by Gasteiger charge is -2.08.